The molecule has 1 amide bonds. The van der Waals surface area contributed by atoms with Gasteiger partial charge in [-0.3, -0.25) is 9.59 Å². The van der Waals surface area contributed by atoms with Crippen LogP contribution in [0.4, 0.5) is 5.69 Å². The topological polar surface area (TPSA) is 113 Å². The molecule has 0 bridgehead atoms. The normalized spacial score (nSPS) is 17.1. The van der Waals surface area contributed by atoms with Crippen LogP contribution in [0.5, 0.6) is 0 Å². The molecule has 1 unspecified atom stereocenters. The minimum Gasteiger partial charge on any atom is -0.465 e. The molecule has 0 spiro atoms. The molecule has 1 fully saturated rings. The van der Waals surface area contributed by atoms with Crippen LogP contribution in [0.25, 0.3) is 0 Å². The quantitative estimate of drug-likeness (QED) is 0.628. The Labute approximate surface area is 129 Å². The Kier molecular flexibility index (Phi) is 4.76. The summed E-state index contributed by atoms with van der Waals surface area (Å²) in [5.41, 5.74) is -0.384. The van der Waals surface area contributed by atoms with Crippen LogP contribution in [0.15, 0.2) is 18.2 Å². The van der Waals surface area contributed by atoms with E-state index in [9.17, 15) is 19.3 Å². The first kappa shape index (κ1) is 16.0. The summed E-state index contributed by atoms with van der Waals surface area (Å²) in [6, 6.07) is 2.83. The van der Waals surface area contributed by atoms with Crippen molar-refractivity contribution in [2.75, 3.05) is 12.9 Å². The molecule has 116 valence electrons. The molecule has 1 aromatic rings. The van der Waals surface area contributed by atoms with Gasteiger partial charge in [-0.2, -0.15) is 0 Å². The largest absolute Gasteiger partial charge is 0.465 e. The van der Waals surface area contributed by atoms with Crippen LogP contribution in [0.3, 0.4) is 0 Å². The summed E-state index contributed by atoms with van der Waals surface area (Å²) in [7, 11) is 1.15. The van der Waals surface area contributed by atoms with Crippen molar-refractivity contribution in [3.63, 3.8) is 0 Å². The number of carbonyl (C=O) groups excluding carboxylic acids is 3. The number of rotatable bonds is 4. The number of nitrogens with one attached hydrogen (secondary N) is 1. The molecule has 2 rings (SSSR count). The summed E-state index contributed by atoms with van der Waals surface area (Å²) >= 11 is 1.14. The lowest BCUT2D eigenvalue weighted by Gasteiger charge is -2.10. The van der Waals surface area contributed by atoms with Crippen molar-refractivity contribution >= 4 is 34.4 Å². The first-order valence-corrected chi connectivity index (χ1v) is 7.28. The Morgan fingerprint density at radius 3 is 2.59 bits per heavy atom. The van der Waals surface area contributed by atoms with Gasteiger partial charge in [0.15, 0.2) is 0 Å². The van der Waals surface area contributed by atoms with E-state index in [0.717, 1.165) is 31.0 Å². The van der Waals surface area contributed by atoms with Gasteiger partial charge < -0.3 is 10.1 Å². The zero-order valence-corrected chi connectivity index (χ0v) is 12.4. The molecule has 22 heavy (non-hydrogen) atoms. The molecular weight excluding hydrogens is 312 g/mol. The third-order valence-corrected chi connectivity index (χ3v) is 4.07. The predicted molar refractivity (Wildman–Crippen MR) is 76.2 cm³/mol. The molecule has 1 aromatic carbocycles. The summed E-state index contributed by atoms with van der Waals surface area (Å²) in [4.78, 5) is 45.8. The van der Waals surface area contributed by atoms with E-state index in [1.54, 1.807) is 0 Å². The van der Waals surface area contributed by atoms with Crippen LogP contribution in [-0.4, -0.2) is 46.0 Å². The van der Waals surface area contributed by atoms with Crippen LogP contribution < -0.4 is 5.32 Å². The maximum atomic E-state index is 12.2. The van der Waals surface area contributed by atoms with Crippen LogP contribution in [0.1, 0.15) is 27.1 Å². The van der Waals surface area contributed by atoms with Crippen LogP contribution in [0.2, 0.25) is 0 Å². The standard InChI is InChI=1S/C13H12N2O6S/c1-21-12(17)8-4-7(5-9(6-8)15(19)20)11(16)14-10-2-3-22-13(10)18/h4-6,10H,2-3H2,1H3,(H-,14,16,19,20)/p+1. The Morgan fingerprint density at radius 1 is 1.36 bits per heavy atom. The summed E-state index contributed by atoms with van der Waals surface area (Å²) in [6.07, 6.45) is 0.520. The molecule has 1 aliphatic rings. The monoisotopic (exact) mass is 325 g/mol. The molecule has 0 saturated carbocycles. The lowest BCUT2D eigenvalue weighted by atomic mass is 10.1. The highest BCUT2D eigenvalue weighted by Gasteiger charge is 2.28. The van der Waals surface area contributed by atoms with E-state index >= 15 is 0 Å². The van der Waals surface area contributed by atoms with Gasteiger partial charge in [-0.25, -0.2) is 10.0 Å². The van der Waals surface area contributed by atoms with Crippen LogP contribution in [-0.2, 0) is 9.53 Å². The smallest absolute Gasteiger partial charge is 0.338 e. The Bertz CT molecular complexity index is 660. The van der Waals surface area contributed by atoms with Crippen molar-refractivity contribution in [1.29, 1.82) is 0 Å². The van der Waals surface area contributed by atoms with E-state index in [4.69, 9.17) is 5.21 Å². The zero-order chi connectivity index (χ0) is 16.3. The number of thioether (sulfide) groups is 1. The fraction of sp³-hybridized carbons (Fsp3) is 0.308. The van der Waals surface area contributed by atoms with Gasteiger partial charge in [0.2, 0.25) is 5.12 Å². The number of carbonyl (C=O) groups is 3. The predicted octanol–water partition coefficient (Wildman–Crippen LogP) is 1.03. The SMILES string of the molecule is COC(=O)c1cc(C(=O)NC2CCSC2=O)cc([N+](=O)O)c1. The first-order valence-electron chi connectivity index (χ1n) is 6.29. The Morgan fingerprint density at radius 2 is 2.05 bits per heavy atom. The van der Waals surface area contributed by atoms with Crippen LogP contribution in [0, 0.1) is 4.91 Å². The number of ether oxygens (including phenoxy) is 1. The van der Waals surface area contributed by atoms with E-state index in [2.05, 4.69) is 10.1 Å². The summed E-state index contributed by atoms with van der Waals surface area (Å²) in [5, 5.41) is 11.4. The molecular formula is C13H13N2O6S+. The first-order chi connectivity index (χ1) is 10.4. The van der Waals surface area contributed by atoms with Gasteiger partial charge in [-0.1, -0.05) is 11.8 Å². The van der Waals surface area contributed by atoms with Gasteiger partial charge in [0.25, 0.3) is 10.8 Å². The average molecular weight is 325 g/mol. The Balaban J connectivity index is 2.30. The van der Waals surface area contributed by atoms with Crippen molar-refractivity contribution < 1.29 is 29.3 Å². The average Bonchev–Trinajstić information content (AvgIpc) is 2.91. The molecule has 1 saturated heterocycles. The van der Waals surface area contributed by atoms with Crippen molar-refractivity contribution in [2.45, 2.75) is 12.5 Å². The number of hydrogen-bond acceptors (Lipinski definition) is 6. The minimum atomic E-state index is -0.759. The number of nitrogens with zero attached hydrogens (tertiary/aromatic N) is 1. The van der Waals surface area contributed by atoms with E-state index in [0.29, 0.717) is 12.2 Å². The highest BCUT2D eigenvalue weighted by Crippen LogP contribution is 2.21. The van der Waals surface area contributed by atoms with E-state index in [1.165, 1.54) is 6.07 Å². The lowest BCUT2D eigenvalue weighted by Crippen LogP contribution is -2.37. The highest BCUT2D eigenvalue weighted by atomic mass is 32.2. The van der Waals surface area contributed by atoms with Crippen molar-refractivity contribution in [2.24, 2.45) is 0 Å². The van der Waals surface area contributed by atoms with Gasteiger partial charge in [0, 0.05) is 23.4 Å². The molecule has 1 heterocycles. The fourth-order valence-corrected chi connectivity index (χ4v) is 2.89. The van der Waals surface area contributed by atoms with Crippen molar-refractivity contribution in [1.82, 2.24) is 5.32 Å². The third-order valence-electron chi connectivity index (χ3n) is 3.06. The van der Waals surface area contributed by atoms with E-state index in [-0.39, 0.29) is 21.9 Å². The van der Waals surface area contributed by atoms with Gasteiger partial charge in [0.05, 0.1) is 23.6 Å². The number of hydrogen-bond donors (Lipinski definition) is 2. The molecule has 0 aromatic heterocycles. The number of amides is 1. The number of benzene rings is 1. The number of methoxy groups -OCH3 is 1. The fourth-order valence-electron chi connectivity index (χ4n) is 1.96. The summed E-state index contributed by atoms with van der Waals surface area (Å²) in [5.74, 6) is -0.748. The minimum absolute atomic E-state index is 0.0301. The highest BCUT2D eigenvalue weighted by molar-refractivity contribution is 8.14. The van der Waals surface area contributed by atoms with Gasteiger partial charge in [-0.15, -0.1) is 0 Å². The zero-order valence-electron chi connectivity index (χ0n) is 11.6. The number of esters is 1. The third kappa shape index (κ3) is 3.42. The maximum Gasteiger partial charge on any atom is 0.338 e. The van der Waals surface area contributed by atoms with Gasteiger partial charge in [-0.05, 0) is 12.5 Å². The van der Waals surface area contributed by atoms with Gasteiger partial charge >= 0.3 is 11.7 Å². The molecule has 0 aliphatic carbocycles. The lowest BCUT2D eigenvalue weighted by molar-refractivity contribution is -0.729. The second-order valence-corrected chi connectivity index (χ2v) is 5.61. The van der Waals surface area contributed by atoms with Crippen molar-refractivity contribution in [3.05, 3.63) is 34.2 Å². The Hall–Kier alpha value is -2.42. The molecule has 0 radical (unpaired) electrons. The molecule has 9 heteroatoms. The second kappa shape index (κ2) is 6.56. The van der Waals surface area contributed by atoms with Crippen molar-refractivity contribution in [3.8, 4) is 0 Å². The van der Waals surface area contributed by atoms with Gasteiger partial charge in [0.1, 0.15) is 0 Å². The maximum absolute atomic E-state index is 12.2. The van der Waals surface area contributed by atoms with E-state index < -0.39 is 22.8 Å². The van der Waals surface area contributed by atoms with E-state index in [1.807, 2.05) is 0 Å². The molecule has 1 atom stereocenters. The second-order valence-electron chi connectivity index (χ2n) is 4.52. The summed E-state index contributed by atoms with van der Waals surface area (Å²) < 4.78 is 4.53. The molecule has 2 N–H and O–H groups in total. The molecule has 8 nitrogen and oxygen atoms in total. The summed E-state index contributed by atoms with van der Waals surface area (Å²) in [6.45, 7) is 0. The van der Waals surface area contributed by atoms with Crippen LogP contribution >= 0.6 is 11.8 Å². The molecule has 1 aliphatic heterocycles.